The highest BCUT2D eigenvalue weighted by Crippen LogP contribution is 2.42. The van der Waals surface area contributed by atoms with Gasteiger partial charge in [-0.1, -0.05) is 11.3 Å². The predicted molar refractivity (Wildman–Crippen MR) is 71.1 cm³/mol. The van der Waals surface area contributed by atoms with Gasteiger partial charge in [0.05, 0.1) is 10.7 Å². The van der Waals surface area contributed by atoms with Crippen LogP contribution in [0.3, 0.4) is 0 Å². The summed E-state index contributed by atoms with van der Waals surface area (Å²) in [6.07, 6.45) is 0. The molecule has 0 spiro atoms. The Bertz CT molecular complexity index is 684. The Morgan fingerprint density at radius 3 is 3.16 bits per heavy atom. The molecule has 7 heteroatoms. The van der Waals surface area contributed by atoms with Crippen molar-refractivity contribution in [1.29, 1.82) is 0 Å². The first-order valence-electron chi connectivity index (χ1n) is 6.00. The number of carbonyl (C=O) groups is 1. The molecule has 0 saturated carbocycles. The summed E-state index contributed by atoms with van der Waals surface area (Å²) >= 11 is 1.49. The zero-order chi connectivity index (χ0) is 13.0. The van der Waals surface area contributed by atoms with E-state index in [0.29, 0.717) is 23.2 Å². The highest BCUT2D eigenvalue weighted by Gasteiger charge is 2.32. The van der Waals surface area contributed by atoms with Crippen LogP contribution < -0.4 is 19.7 Å². The normalized spacial score (nSPS) is 21.2. The number of thiazole rings is 1. The molecule has 2 amide bonds. The fourth-order valence-corrected chi connectivity index (χ4v) is 3.40. The number of nitrogens with zero attached hydrogens (tertiary/aromatic N) is 2. The summed E-state index contributed by atoms with van der Waals surface area (Å²) in [5, 5.41) is 3.51. The Kier molecular flexibility index (Phi) is 2.14. The summed E-state index contributed by atoms with van der Waals surface area (Å²) in [4.78, 5) is 18.1. The second-order valence-corrected chi connectivity index (χ2v) is 5.56. The molecule has 0 aliphatic carbocycles. The average Bonchev–Trinajstić information content (AvgIpc) is 3.06. The van der Waals surface area contributed by atoms with Gasteiger partial charge >= 0.3 is 6.03 Å². The standard InChI is InChI=1S/C12H11N3O3S/c1-6-4-13-11(16)15(6)12-14-9-8(19-12)3-2-7-10(9)18-5-17-7/h2-3,6H,4-5H2,1H3,(H,13,16). The molecular weight excluding hydrogens is 266 g/mol. The van der Waals surface area contributed by atoms with Crippen LogP contribution in [-0.4, -0.2) is 30.4 Å². The SMILES string of the molecule is CC1CNC(=O)N1c1nc2c3c(ccc2s1)OCO3. The topological polar surface area (TPSA) is 63.7 Å². The quantitative estimate of drug-likeness (QED) is 0.865. The van der Waals surface area contributed by atoms with E-state index >= 15 is 0 Å². The molecule has 3 heterocycles. The zero-order valence-electron chi connectivity index (χ0n) is 10.2. The second kappa shape index (κ2) is 3.74. The van der Waals surface area contributed by atoms with Crippen molar-refractivity contribution < 1.29 is 14.3 Å². The number of nitrogens with one attached hydrogen (secondary N) is 1. The van der Waals surface area contributed by atoms with Crippen molar-refractivity contribution >= 4 is 32.7 Å². The van der Waals surface area contributed by atoms with Crippen LogP contribution in [0.2, 0.25) is 0 Å². The van der Waals surface area contributed by atoms with E-state index in [-0.39, 0.29) is 18.9 Å². The Labute approximate surface area is 112 Å². The lowest BCUT2D eigenvalue weighted by atomic mass is 10.3. The minimum atomic E-state index is -0.0969. The first kappa shape index (κ1) is 10.9. The Morgan fingerprint density at radius 1 is 1.47 bits per heavy atom. The van der Waals surface area contributed by atoms with Crippen molar-refractivity contribution in [2.75, 3.05) is 18.2 Å². The van der Waals surface area contributed by atoms with Crippen molar-refractivity contribution in [3.05, 3.63) is 12.1 Å². The van der Waals surface area contributed by atoms with E-state index in [2.05, 4.69) is 10.3 Å². The van der Waals surface area contributed by atoms with Crippen LogP contribution in [0.25, 0.3) is 10.2 Å². The van der Waals surface area contributed by atoms with E-state index in [0.717, 1.165) is 10.2 Å². The molecule has 1 N–H and O–H groups in total. The maximum atomic E-state index is 11.8. The van der Waals surface area contributed by atoms with Crippen molar-refractivity contribution in [2.45, 2.75) is 13.0 Å². The van der Waals surface area contributed by atoms with Crippen molar-refractivity contribution in [1.82, 2.24) is 10.3 Å². The molecule has 0 radical (unpaired) electrons. The third kappa shape index (κ3) is 1.48. The van der Waals surface area contributed by atoms with E-state index in [1.54, 1.807) is 4.90 Å². The molecule has 6 nitrogen and oxygen atoms in total. The van der Waals surface area contributed by atoms with E-state index < -0.39 is 0 Å². The molecule has 0 bridgehead atoms. The van der Waals surface area contributed by atoms with Gasteiger partial charge in [0, 0.05) is 6.54 Å². The fourth-order valence-electron chi connectivity index (χ4n) is 2.33. The van der Waals surface area contributed by atoms with Crippen LogP contribution in [0.1, 0.15) is 6.92 Å². The van der Waals surface area contributed by atoms with E-state index in [4.69, 9.17) is 9.47 Å². The van der Waals surface area contributed by atoms with Gasteiger partial charge in [0.1, 0.15) is 5.52 Å². The Hall–Kier alpha value is -2.02. The number of rotatable bonds is 1. The van der Waals surface area contributed by atoms with E-state index in [9.17, 15) is 4.79 Å². The van der Waals surface area contributed by atoms with Crippen LogP contribution >= 0.6 is 11.3 Å². The van der Waals surface area contributed by atoms with Crippen LogP contribution in [0, 0.1) is 0 Å². The van der Waals surface area contributed by atoms with Crippen LogP contribution in [0.4, 0.5) is 9.93 Å². The summed E-state index contributed by atoms with van der Waals surface area (Å²) in [5.74, 6) is 1.38. The number of anilines is 1. The maximum absolute atomic E-state index is 11.8. The fraction of sp³-hybridized carbons (Fsp3) is 0.333. The minimum absolute atomic E-state index is 0.0969. The summed E-state index contributed by atoms with van der Waals surface area (Å²) in [5.41, 5.74) is 0.766. The van der Waals surface area contributed by atoms with Crippen molar-refractivity contribution in [2.24, 2.45) is 0 Å². The molecular formula is C12H11N3O3S. The lowest BCUT2D eigenvalue weighted by Crippen LogP contribution is -2.32. The van der Waals surface area contributed by atoms with Gasteiger partial charge in [-0.25, -0.2) is 9.78 Å². The van der Waals surface area contributed by atoms with Crippen LogP contribution in [-0.2, 0) is 0 Å². The highest BCUT2D eigenvalue weighted by molar-refractivity contribution is 7.22. The number of amides is 2. The van der Waals surface area contributed by atoms with Crippen LogP contribution in [0.15, 0.2) is 12.1 Å². The molecule has 1 aromatic heterocycles. The van der Waals surface area contributed by atoms with Gasteiger partial charge in [-0.15, -0.1) is 0 Å². The van der Waals surface area contributed by atoms with Crippen LogP contribution in [0.5, 0.6) is 11.5 Å². The predicted octanol–water partition coefficient (Wildman–Crippen LogP) is 1.94. The zero-order valence-corrected chi connectivity index (χ0v) is 11.0. The molecule has 19 heavy (non-hydrogen) atoms. The smallest absolute Gasteiger partial charge is 0.324 e. The summed E-state index contributed by atoms with van der Waals surface area (Å²) < 4.78 is 11.8. The molecule has 1 aromatic carbocycles. The number of aromatic nitrogens is 1. The van der Waals surface area contributed by atoms with Gasteiger partial charge in [-0.2, -0.15) is 0 Å². The summed E-state index contributed by atoms with van der Waals surface area (Å²) in [6.45, 7) is 2.86. The van der Waals surface area contributed by atoms with Gasteiger partial charge in [-0.3, -0.25) is 4.90 Å². The van der Waals surface area contributed by atoms with Gasteiger partial charge in [0.2, 0.25) is 6.79 Å². The molecule has 1 unspecified atom stereocenters. The van der Waals surface area contributed by atoms with Crippen molar-refractivity contribution in [3.63, 3.8) is 0 Å². The van der Waals surface area contributed by atoms with Gasteiger partial charge in [-0.05, 0) is 19.1 Å². The number of ether oxygens (including phenoxy) is 2. The highest BCUT2D eigenvalue weighted by atomic mass is 32.1. The van der Waals surface area contributed by atoms with E-state index in [1.165, 1.54) is 11.3 Å². The lowest BCUT2D eigenvalue weighted by Gasteiger charge is -2.15. The van der Waals surface area contributed by atoms with E-state index in [1.807, 2.05) is 19.1 Å². The molecule has 98 valence electrons. The number of carbonyl (C=O) groups excluding carboxylic acids is 1. The molecule has 1 saturated heterocycles. The number of urea groups is 1. The molecule has 4 rings (SSSR count). The first-order valence-corrected chi connectivity index (χ1v) is 6.82. The first-order chi connectivity index (χ1) is 9.24. The molecule has 2 aliphatic rings. The largest absolute Gasteiger partial charge is 0.454 e. The minimum Gasteiger partial charge on any atom is -0.454 e. The monoisotopic (exact) mass is 277 g/mol. The van der Waals surface area contributed by atoms with Gasteiger partial charge in [0.25, 0.3) is 0 Å². The third-order valence-corrected chi connectivity index (χ3v) is 4.32. The summed E-state index contributed by atoms with van der Waals surface area (Å²) in [7, 11) is 0. The third-order valence-electron chi connectivity index (χ3n) is 3.30. The average molecular weight is 277 g/mol. The number of fused-ring (bicyclic) bond motifs is 3. The Balaban J connectivity index is 1.86. The molecule has 2 aromatic rings. The molecule has 2 aliphatic heterocycles. The lowest BCUT2D eigenvalue weighted by molar-refractivity contribution is 0.174. The number of benzene rings is 1. The second-order valence-electron chi connectivity index (χ2n) is 4.55. The Morgan fingerprint density at radius 2 is 2.37 bits per heavy atom. The van der Waals surface area contributed by atoms with Gasteiger partial charge in [0.15, 0.2) is 16.6 Å². The molecule has 1 fully saturated rings. The van der Waals surface area contributed by atoms with Crippen molar-refractivity contribution in [3.8, 4) is 11.5 Å². The number of hydrogen-bond acceptors (Lipinski definition) is 5. The number of hydrogen-bond donors (Lipinski definition) is 1. The maximum Gasteiger partial charge on any atom is 0.324 e. The van der Waals surface area contributed by atoms with Gasteiger partial charge < -0.3 is 14.8 Å². The molecule has 1 atom stereocenters. The summed E-state index contributed by atoms with van der Waals surface area (Å²) in [6, 6.07) is 3.83.